The number of amides is 1. The van der Waals surface area contributed by atoms with Crippen molar-refractivity contribution in [2.45, 2.75) is 12.5 Å². The van der Waals surface area contributed by atoms with Crippen LogP contribution in [0.4, 0.5) is 5.69 Å². The number of anilines is 1. The Labute approximate surface area is 142 Å². The van der Waals surface area contributed by atoms with E-state index in [1.165, 1.54) is 11.3 Å². The number of nitrogens with two attached hydrogens (primary N) is 1. The summed E-state index contributed by atoms with van der Waals surface area (Å²) in [5, 5.41) is 0. The van der Waals surface area contributed by atoms with E-state index >= 15 is 0 Å². The number of primary amides is 1. The number of fused-ring (bicyclic) bond motifs is 1. The van der Waals surface area contributed by atoms with Crippen LogP contribution in [0.5, 0.6) is 0 Å². The molecule has 1 unspecified atom stereocenters. The molecule has 1 heterocycles. The van der Waals surface area contributed by atoms with E-state index in [0.29, 0.717) is 18.6 Å². The van der Waals surface area contributed by atoms with E-state index in [9.17, 15) is 4.79 Å². The van der Waals surface area contributed by atoms with Gasteiger partial charge in [0.05, 0.1) is 12.7 Å². The lowest BCUT2D eigenvalue weighted by Crippen LogP contribution is -2.28. The number of hydrogen-bond donors (Lipinski definition) is 1. The van der Waals surface area contributed by atoms with E-state index in [4.69, 9.17) is 10.5 Å². The van der Waals surface area contributed by atoms with Crippen LogP contribution in [0.2, 0.25) is 0 Å². The number of likely N-dealkylation sites (N-methyl/N-ethyl adjacent to an activating group) is 1. The summed E-state index contributed by atoms with van der Waals surface area (Å²) in [6, 6.07) is 13.7. The first-order valence-electron chi connectivity index (χ1n) is 8.07. The summed E-state index contributed by atoms with van der Waals surface area (Å²) in [5.74, 6) is -0.423. The third-order valence-electron chi connectivity index (χ3n) is 4.47. The number of carbonyl (C=O) groups excluding carboxylic acids is 1. The molecule has 2 aromatic rings. The van der Waals surface area contributed by atoms with Gasteiger partial charge in [0, 0.05) is 31.3 Å². The molecule has 1 aliphatic heterocycles. The molecule has 2 N–H and O–H groups in total. The molecular formula is C20H22N2O2. The summed E-state index contributed by atoms with van der Waals surface area (Å²) in [4.78, 5) is 14.0. The minimum atomic E-state index is -0.423. The lowest BCUT2D eigenvalue weighted by molar-refractivity contribution is 0.0550. The molecule has 1 amide bonds. The summed E-state index contributed by atoms with van der Waals surface area (Å²) in [6.07, 6.45) is 2.33. The Hall–Kier alpha value is -2.59. The second-order valence-electron chi connectivity index (χ2n) is 6.03. The average Bonchev–Trinajstić information content (AvgIpc) is 2.58. The fourth-order valence-corrected chi connectivity index (χ4v) is 3.18. The molecule has 1 atom stereocenters. The number of benzene rings is 2. The van der Waals surface area contributed by atoms with E-state index in [-0.39, 0.29) is 6.10 Å². The largest absolute Gasteiger partial charge is 0.372 e. The van der Waals surface area contributed by atoms with E-state index in [1.807, 2.05) is 24.3 Å². The van der Waals surface area contributed by atoms with Gasteiger partial charge in [0.2, 0.25) is 5.91 Å². The molecule has 124 valence electrons. The maximum absolute atomic E-state index is 11.8. The van der Waals surface area contributed by atoms with Gasteiger partial charge in [-0.05, 0) is 34.9 Å². The maximum Gasteiger partial charge on any atom is 0.249 e. The summed E-state index contributed by atoms with van der Waals surface area (Å²) < 4.78 is 6.09. The highest BCUT2D eigenvalue weighted by molar-refractivity contribution is 5.94. The van der Waals surface area contributed by atoms with Gasteiger partial charge in [0.25, 0.3) is 0 Å². The van der Waals surface area contributed by atoms with E-state index < -0.39 is 5.91 Å². The van der Waals surface area contributed by atoms with Gasteiger partial charge in [-0.1, -0.05) is 36.9 Å². The Morgan fingerprint density at radius 1 is 1.33 bits per heavy atom. The van der Waals surface area contributed by atoms with Crippen LogP contribution in [0.25, 0.3) is 6.08 Å². The van der Waals surface area contributed by atoms with Gasteiger partial charge < -0.3 is 15.4 Å². The lowest BCUT2D eigenvalue weighted by Gasteiger charge is -2.30. The Kier molecular flexibility index (Phi) is 4.67. The van der Waals surface area contributed by atoms with Gasteiger partial charge in [0.15, 0.2) is 0 Å². The van der Waals surface area contributed by atoms with Crippen molar-refractivity contribution in [2.24, 2.45) is 5.73 Å². The van der Waals surface area contributed by atoms with Crippen LogP contribution in [0.3, 0.4) is 0 Å². The summed E-state index contributed by atoms with van der Waals surface area (Å²) in [6.45, 7) is 5.23. The zero-order valence-corrected chi connectivity index (χ0v) is 13.9. The van der Waals surface area contributed by atoms with E-state index in [2.05, 4.69) is 36.7 Å². The van der Waals surface area contributed by atoms with Crippen molar-refractivity contribution in [2.75, 3.05) is 25.1 Å². The minimum Gasteiger partial charge on any atom is -0.372 e. The molecule has 2 aromatic carbocycles. The van der Waals surface area contributed by atoms with Gasteiger partial charge in [-0.15, -0.1) is 0 Å². The second-order valence-corrected chi connectivity index (χ2v) is 6.03. The fourth-order valence-electron chi connectivity index (χ4n) is 3.18. The third-order valence-corrected chi connectivity index (χ3v) is 4.47. The number of carbonyl (C=O) groups is 1. The molecule has 3 rings (SSSR count). The molecule has 0 radical (unpaired) electrons. The van der Waals surface area contributed by atoms with Crippen LogP contribution < -0.4 is 10.6 Å². The average molecular weight is 322 g/mol. The van der Waals surface area contributed by atoms with Crippen molar-refractivity contribution in [1.29, 1.82) is 0 Å². The Bertz CT molecular complexity index is 770. The molecule has 0 saturated heterocycles. The fraction of sp³-hybridized carbons (Fsp3) is 0.250. The van der Waals surface area contributed by atoms with Crippen LogP contribution in [0, 0.1) is 0 Å². The van der Waals surface area contributed by atoms with Crippen LogP contribution in [-0.4, -0.2) is 26.1 Å². The van der Waals surface area contributed by atoms with E-state index in [1.54, 1.807) is 6.07 Å². The van der Waals surface area contributed by atoms with Crippen molar-refractivity contribution < 1.29 is 9.53 Å². The first-order valence-corrected chi connectivity index (χ1v) is 8.07. The lowest BCUT2D eigenvalue weighted by atomic mass is 9.94. The van der Waals surface area contributed by atoms with Gasteiger partial charge in [-0.2, -0.15) is 0 Å². The summed E-state index contributed by atoms with van der Waals surface area (Å²) >= 11 is 0. The van der Waals surface area contributed by atoms with Crippen molar-refractivity contribution in [3.63, 3.8) is 0 Å². The third kappa shape index (κ3) is 3.19. The number of ether oxygens (including phenoxy) is 1. The van der Waals surface area contributed by atoms with Crippen LogP contribution in [-0.2, 0) is 11.2 Å². The molecule has 4 nitrogen and oxygen atoms in total. The molecule has 1 aliphatic rings. The number of hydrogen-bond acceptors (Lipinski definition) is 3. The number of nitrogens with zero attached hydrogens (tertiary/aromatic N) is 1. The molecule has 24 heavy (non-hydrogen) atoms. The molecule has 0 fully saturated rings. The van der Waals surface area contributed by atoms with Gasteiger partial charge in [-0.25, -0.2) is 0 Å². The quantitative estimate of drug-likeness (QED) is 0.944. The van der Waals surface area contributed by atoms with Crippen LogP contribution in [0.15, 0.2) is 49.0 Å². The highest BCUT2D eigenvalue weighted by Crippen LogP contribution is 2.32. The van der Waals surface area contributed by atoms with Crippen molar-refractivity contribution in [1.82, 2.24) is 0 Å². The number of rotatable bonds is 3. The summed E-state index contributed by atoms with van der Waals surface area (Å²) in [7, 11) is 2.06. The van der Waals surface area contributed by atoms with Crippen molar-refractivity contribution >= 4 is 17.7 Å². The monoisotopic (exact) mass is 322 g/mol. The highest BCUT2D eigenvalue weighted by atomic mass is 16.5. The molecule has 0 aliphatic carbocycles. The van der Waals surface area contributed by atoms with Crippen LogP contribution in [0.1, 0.15) is 33.2 Å². The molecule has 0 saturated carbocycles. The predicted octanol–water partition coefficient (Wildman–Crippen LogP) is 3.18. The predicted molar refractivity (Wildman–Crippen MR) is 97.2 cm³/mol. The SMILES string of the molecule is C=Cc1ccc2c(c1)CC(c1ccccc1C(N)=O)OCCN2C. The Morgan fingerprint density at radius 2 is 2.12 bits per heavy atom. The molecule has 0 aromatic heterocycles. The molecule has 0 bridgehead atoms. The Morgan fingerprint density at radius 3 is 2.88 bits per heavy atom. The van der Waals surface area contributed by atoms with Gasteiger partial charge >= 0.3 is 0 Å². The maximum atomic E-state index is 11.8. The van der Waals surface area contributed by atoms with Gasteiger partial charge in [-0.3, -0.25) is 4.79 Å². The second kappa shape index (κ2) is 6.89. The van der Waals surface area contributed by atoms with Crippen LogP contribution >= 0.6 is 0 Å². The smallest absolute Gasteiger partial charge is 0.249 e. The standard InChI is InChI=1S/C20H22N2O2/c1-3-14-8-9-18-15(12-14)13-19(24-11-10-22(18)2)16-6-4-5-7-17(16)20(21)23/h3-9,12,19H,1,10-11,13H2,2H3,(H2,21,23). The Balaban J connectivity index is 2.04. The zero-order valence-electron chi connectivity index (χ0n) is 13.9. The van der Waals surface area contributed by atoms with Crippen molar-refractivity contribution in [3.05, 3.63) is 71.3 Å². The van der Waals surface area contributed by atoms with Gasteiger partial charge in [0.1, 0.15) is 0 Å². The molecule has 0 spiro atoms. The van der Waals surface area contributed by atoms with Crippen molar-refractivity contribution in [3.8, 4) is 0 Å². The topological polar surface area (TPSA) is 55.6 Å². The molecule has 4 heteroatoms. The zero-order chi connectivity index (χ0) is 17.1. The minimum absolute atomic E-state index is 0.193. The summed E-state index contributed by atoms with van der Waals surface area (Å²) in [5.41, 5.74) is 10.4. The first-order chi connectivity index (χ1) is 11.6. The first kappa shape index (κ1) is 16.3. The molecular weight excluding hydrogens is 300 g/mol. The highest BCUT2D eigenvalue weighted by Gasteiger charge is 2.23. The van der Waals surface area contributed by atoms with E-state index in [0.717, 1.165) is 17.7 Å². The normalized spacial score (nSPS) is 17.5.